The third-order valence-corrected chi connectivity index (χ3v) is 5.09. The van der Waals surface area contributed by atoms with Crippen LogP contribution in [0.25, 0.3) is 0 Å². The maximum absolute atomic E-state index is 11.3. The fourth-order valence-corrected chi connectivity index (χ4v) is 3.47. The Bertz CT molecular complexity index is 607. The zero-order valence-electron chi connectivity index (χ0n) is 15.5. The Balaban J connectivity index is 1.61. The topological polar surface area (TPSA) is 82.8 Å². The van der Waals surface area contributed by atoms with Crippen molar-refractivity contribution in [3.05, 3.63) is 34.9 Å². The third kappa shape index (κ3) is 6.84. The average molecular weight is 380 g/mol. The number of nitrogens with two attached hydrogens (primary N) is 1. The van der Waals surface area contributed by atoms with Crippen LogP contribution in [0.15, 0.2) is 29.3 Å². The first kappa shape index (κ1) is 20.5. The molecule has 4 N–H and O–H groups in total. The molecule has 1 amide bonds. The summed E-state index contributed by atoms with van der Waals surface area (Å²) >= 11 is 6.17. The van der Waals surface area contributed by atoms with Gasteiger partial charge in [-0.25, -0.2) is 0 Å². The fourth-order valence-electron chi connectivity index (χ4n) is 3.24. The molecule has 0 radical (unpaired) electrons. The lowest BCUT2D eigenvalue weighted by Gasteiger charge is -2.31. The summed E-state index contributed by atoms with van der Waals surface area (Å²) < 4.78 is 0. The molecule has 0 spiro atoms. The van der Waals surface area contributed by atoms with Gasteiger partial charge in [0.1, 0.15) is 0 Å². The van der Waals surface area contributed by atoms with Crippen LogP contribution in [0.1, 0.15) is 24.8 Å². The molecule has 6 nitrogen and oxygen atoms in total. The summed E-state index contributed by atoms with van der Waals surface area (Å²) in [6.45, 7) is 4.42. The minimum Gasteiger partial charge on any atom is -0.369 e. The van der Waals surface area contributed by atoms with Crippen molar-refractivity contribution in [2.75, 3.05) is 39.8 Å². The van der Waals surface area contributed by atoms with E-state index in [4.69, 9.17) is 17.3 Å². The van der Waals surface area contributed by atoms with Crippen LogP contribution in [0.4, 0.5) is 0 Å². The van der Waals surface area contributed by atoms with Crippen LogP contribution in [-0.2, 0) is 11.2 Å². The predicted octanol–water partition coefficient (Wildman–Crippen LogP) is 1.63. The first-order valence-corrected chi connectivity index (χ1v) is 9.67. The van der Waals surface area contributed by atoms with Gasteiger partial charge in [-0.3, -0.25) is 9.79 Å². The Hall–Kier alpha value is -1.79. The first-order chi connectivity index (χ1) is 12.6. The summed E-state index contributed by atoms with van der Waals surface area (Å²) in [7, 11) is 1.77. The highest BCUT2D eigenvalue weighted by Crippen LogP contribution is 2.16. The van der Waals surface area contributed by atoms with E-state index in [0.717, 1.165) is 75.0 Å². The van der Waals surface area contributed by atoms with Gasteiger partial charge in [-0.1, -0.05) is 29.8 Å². The summed E-state index contributed by atoms with van der Waals surface area (Å²) in [6.07, 6.45) is 3.82. The molecule has 1 heterocycles. The highest BCUT2D eigenvalue weighted by atomic mass is 35.5. The summed E-state index contributed by atoms with van der Waals surface area (Å²) in [5.41, 5.74) is 6.56. The van der Waals surface area contributed by atoms with E-state index in [2.05, 4.69) is 20.5 Å². The Labute approximate surface area is 161 Å². The number of amides is 1. The molecule has 7 heteroatoms. The molecule has 0 saturated carbocycles. The van der Waals surface area contributed by atoms with Crippen LogP contribution in [0, 0.1) is 5.92 Å². The van der Waals surface area contributed by atoms with E-state index in [9.17, 15) is 4.79 Å². The van der Waals surface area contributed by atoms with Crippen molar-refractivity contribution in [2.45, 2.75) is 25.7 Å². The molecule has 1 aromatic rings. The van der Waals surface area contributed by atoms with Gasteiger partial charge in [-0.15, -0.1) is 0 Å². The van der Waals surface area contributed by atoms with Crippen LogP contribution in [0.3, 0.4) is 0 Å². The maximum Gasteiger partial charge on any atom is 0.221 e. The summed E-state index contributed by atoms with van der Waals surface area (Å²) in [6, 6.07) is 7.89. The van der Waals surface area contributed by atoms with Gasteiger partial charge in [0.2, 0.25) is 5.91 Å². The smallest absolute Gasteiger partial charge is 0.221 e. The second-order valence-corrected chi connectivity index (χ2v) is 7.07. The number of rotatable bonds is 8. The molecule has 1 saturated heterocycles. The van der Waals surface area contributed by atoms with Crippen molar-refractivity contribution in [3.8, 4) is 0 Å². The highest BCUT2D eigenvalue weighted by Gasteiger charge is 2.23. The number of carbonyl (C=O) groups excluding carboxylic acids is 1. The number of halogens is 1. The zero-order valence-corrected chi connectivity index (χ0v) is 16.3. The Morgan fingerprint density at radius 3 is 2.85 bits per heavy atom. The van der Waals surface area contributed by atoms with E-state index in [1.807, 2.05) is 24.3 Å². The zero-order chi connectivity index (χ0) is 18.8. The van der Waals surface area contributed by atoms with Crippen molar-refractivity contribution in [3.63, 3.8) is 0 Å². The normalized spacial score (nSPS) is 18.5. The van der Waals surface area contributed by atoms with Crippen LogP contribution in [0.5, 0.6) is 0 Å². The molecule has 0 bridgehead atoms. The SMILES string of the molecule is CN=C(NCCCN1CCCC(C(N)=O)C1)NCCc1ccccc1Cl. The lowest BCUT2D eigenvalue weighted by Crippen LogP contribution is -2.43. The number of likely N-dealkylation sites (tertiary alicyclic amines) is 1. The second kappa shape index (κ2) is 11.0. The molecular formula is C19H30ClN5O. The number of guanidine groups is 1. The number of aliphatic imine (C=N–C) groups is 1. The van der Waals surface area contributed by atoms with Crippen molar-refractivity contribution in [1.29, 1.82) is 0 Å². The molecule has 0 aliphatic carbocycles. The van der Waals surface area contributed by atoms with E-state index in [0.29, 0.717) is 0 Å². The molecule has 2 rings (SSSR count). The number of carbonyl (C=O) groups is 1. The number of primary amides is 1. The molecule has 1 unspecified atom stereocenters. The van der Waals surface area contributed by atoms with Gasteiger partial charge in [-0.05, 0) is 50.4 Å². The number of piperidine rings is 1. The van der Waals surface area contributed by atoms with Crippen molar-refractivity contribution in [2.24, 2.45) is 16.6 Å². The van der Waals surface area contributed by atoms with E-state index in [1.165, 1.54) is 0 Å². The van der Waals surface area contributed by atoms with Crippen molar-refractivity contribution < 1.29 is 4.79 Å². The minimum atomic E-state index is -0.170. The summed E-state index contributed by atoms with van der Waals surface area (Å²) in [4.78, 5) is 17.9. The summed E-state index contributed by atoms with van der Waals surface area (Å²) in [5.74, 6) is 0.637. The number of nitrogens with one attached hydrogen (secondary N) is 2. The van der Waals surface area contributed by atoms with Gasteiger partial charge in [0.15, 0.2) is 5.96 Å². The molecule has 1 fully saturated rings. The maximum atomic E-state index is 11.3. The largest absolute Gasteiger partial charge is 0.369 e. The molecular weight excluding hydrogens is 350 g/mol. The first-order valence-electron chi connectivity index (χ1n) is 9.29. The standard InChI is InChI=1S/C19H30ClN5O/c1-22-19(24-11-9-15-6-2-3-8-17(15)20)23-10-5-13-25-12-4-7-16(14-25)18(21)26/h2-3,6,8,16H,4-5,7,9-14H2,1H3,(H2,21,26)(H2,22,23,24). The lowest BCUT2D eigenvalue weighted by atomic mass is 9.97. The van der Waals surface area contributed by atoms with Gasteiger partial charge in [0.05, 0.1) is 5.92 Å². The van der Waals surface area contributed by atoms with E-state index in [-0.39, 0.29) is 11.8 Å². The molecule has 0 aromatic heterocycles. The molecule has 144 valence electrons. The van der Waals surface area contributed by atoms with Crippen LogP contribution in [-0.4, -0.2) is 56.5 Å². The van der Waals surface area contributed by atoms with Crippen LogP contribution >= 0.6 is 11.6 Å². The summed E-state index contributed by atoms with van der Waals surface area (Å²) in [5, 5.41) is 7.44. The van der Waals surface area contributed by atoms with E-state index in [1.54, 1.807) is 7.05 Å². The second-order valence-electron chi connectivity index (χ2n) is 6.66. The quantitative estimate of drug-likeness (QED) is 0.364. The van der Waals surface area contributed by atoms with Gasteiger partial charge >= 0.3 is 0 Å². The highest BCUT2D eigenvalue weighted by molar-refractivity contribution is 6.31. The van der Waals surface area contributed by atoms with E-state index >= 15 is 0 Å². The van der Waals surface area contributed by atoms with Crippen molar-refractivity contribution >= 4 is 23.5 Å². The minimum absolute atomic E-state index is 0.0101. The Morgan fingerprint density at radius 1 is 1.35 bits per heavy atom. The molecule has 26 heavy (non-hydrogen) atoms. The van der Waals surface area contributed by atoms with Crippen LogP contribution in [0.2, 0.25) is 5.02 Å². The average Bonchev–Trinajstić information content (AvgIpc) is 2.65. The van der Waals surface area contributed by atoms with Crippen LogP contribution < -0.4 is 16.4 Å². The molecule has 1 aromatic carbocycles. The third-order valence-electron chi connectivity index (χ3n) is 4.72. The molecule has 1 aliphatic heterocycles. The molecule has 1 aliphatic rings. The predicted molar refractivity (Wildman–Crippen MR) is 107 cm³/mol. The van der Waals surface area contributed by atoms with Gasteiger partial charge in [0.25, 0.3) is 0 Å². The fraction of sp³-hybridized carbons (Fsp3) is 0.579. The van der Waals surface area contributed by atoms with Gasteiger partial charge < -0.3 is 21.3 Å². The van der Waals surface area contributed by atoms with Crippen molar-refractivity contribution in [1.82, 2.24) is 15.5 Å². The molecule has 1 atom stereocenters. The lowest BCUT2D eigenvalue weighted by molar-refractivity contribution is -0.123. The number of hydrogen-bond acceptors (Lipinski definition) is 3. The van der Waals surface area contributed by atoms with E-state index < -0.39 is 0 Å². The number of benzene rings is 1. The number of nitrogens with zero attached hydrogens (tertiary/aromatic N) is 2. The monoisotopic (exact) mass is 379 g/mol. The number of hydrogen-bond donors (Lipinski definition) is 3. The van der Waals surface area contributed by atoms with Gasteiger partial charge in [0, 0.05) is 31.7 Å². The Morgan fingerprint density at radius 2 is 2.12 bits per heavy atom. The van der Waals surface area contributed by atoms with Gasteiger partial charge in [-0.2, -0.15) is 0 Å². The Kier molecular flexibility index (Phi) is 8.71.